The molecule has 25 heavy (non-hydrogen) atoms. The lowest BCUT2D eigenvalue weighted by atomic mass is 9.70. The van der Waals surface area contributed by atoms with Gasteiger partial charge in [-0.05, 0) is 44.5 Å². The molecule has 0 bridgehead atoms. The first-order chi connectivity index (χ1) is 12.0. The number of hydrogen-bond acceptors (Lipinski definition) is 4. The lowest BCUT2D eigenvalue weighted by molar-refractivity contribution is -0.125. The fraction of sp³-hybridized carbons (Fsp3) is 0.650. The lowest BCUT2D eigenvalue weighted by Crippen LogP contribution is -2.55. The van der Waals surface area contributed by atoms with Crippen LogP contribution in [0.2, 0.25) is 0 Å². The fourth-order valence-electron chi connectivity index (χ4n) is 4.29. The average Bonchev–Trinajstić information content (AvgIpc) is 2.58. The van der Waals surface area contributed by atoms with Gasteiger partial charge in [0.05, 0.1) is 6.54 Å². The number of carbonyl (C=O) groups excluding carboxylic acids is 1. The number of piperazine rings is 1. The van der Waals surface area contributed by atoms with Gasteiger partial charge in [0, 0.05) is 37.6 Å². The molecule has 2 aliphatic rings. The second-order valence-electron chi connectivity index (χ2n) is 7.93. The van der Waals surface area contributed by atoms with Crippen molar-refractivity contribution in [3.8, 4) is 5.75 Å². The number of phenols is 1. The van der Waals surface area contributed by atoms with Gasteiger partial charge in [-0.1, -0.05) is 25.0 Å². The molecular weight excluding hydrogens is 314 g/mol. The van der Waals surface area contributed by atoms with E-state index in [4.69, 9.17) is 0 Å². The molecule has 1 heterocycles. The standard InChI is InChI=1S/C20H31N3O2/c1-20(21-19(25)15-23-13-11-22(2)12-14-23)10-4-3-5-18(20)16-6-8-17(24)9-7-16/h6-9,18,24H,3-5,10-15H2,1-2H3,(H,21,25)/t18-,20+/m0/s1. The van der Waals surface area contributed by atoms with E-state index in [1.54, 1.807) is 12.1 Å². The zero-order valence-corrected chi connectivity index (χ0v) is 15.5. The summed E-state index contributed by atoms with van der Waals surface area (Å²) in [5.41, 5.74) is 0.999. The third-order valence-corrected chi connectivity index (χ3v) is 5.89. The number of benzene rings is 1. The molecule has 1 aliphatic heterocycles. The summed E-state index contributed by atoms with van der Waals surface area (Å²) < 4.78 is 0. The summed E-state index contributed by atoms with van der Waals surface area (Å²) in [6.07, 6.45) is 4.43. The van der Waals surface area contributed by atoms with Gasteiger partial charge in [-0.25, -0.2) is 0 Å². The number of carbonyl (C=O) groups is 1. The van der Waals surface area contributed by atoms with Crippen LogP contribution < -0.4 is 5.32 Å². The number of aromatic hydroxyl groups is 1. The van der Waals surface area contributed by atoms with E-state index in [9.17, 15) is 9.90 Å². The number of nitrogens with one attached hydrogen (secondary N) is 1. The summed E-state index contributed by atoms with van der Waals surface area (Å²) in [5, 5.41) is 12.9. The Morgan fingerprint density at radius 1 is 1.20 bits per heavy atom. The molecule has 2 atom stereocenters. The Bertz CT molecular complexity index is 581. The maximum Gasteiger partial charge on any atom is 0.234 e. The Morgan fingerprint density at radius 2 is 1.88 bits per heavy atom. The minimum Gasteiger partial charge on any atom is -0.508 e. The minimum atomic E-state index is -0.209. The molecule has 1 amide bonds. The Labute approximate surface area is 151 Å². The summed E-state index contributed by atoms with van der Waals surface area (Å²) in [7, 11) is 2.13. The van der Waals surface area contributed by atoms with Gasteiger partial charge in [-0.2, -0.15) is 0 Å². The van der Waals surface area contributed by atoms with Gasteiger partial charge in [-0.15, -0.1) is 0 Å². The molecule has 0 radical (unpaired) electrons. The molecular formula is C20H31N3O2. The molecule has 1 aromatic rings. The molecule has 0 spiro atoms. The van der Waals surface area contributed by atoms with Crippen LogP contribution in [0.25, 0.3) is 0 Å². The molecule has 1 aromatic carbocycles. The smallest absolute Gasteiger partial charge is 0.234 e. The number of amides is 1. The van der Waals surface area contributed by atoms with E-state index in [0.717, 1.165) is 45.4 Å². The first-order valence-corrected chi connectivity index (χ1v) is 9.47. The van der Waals surface area contributed by atoms with Gasteiger partial charge in [0.1, 0.15) is 5.75 Å². The minimum absolute atomic E-state index is 0.137. The highest BCUT2D eigenvalue weighted by Gasteiger charge is 2.38. The maximum atomic E-state index is 12.7. The molecule has 138 valence electrons. The van der Waals surface area contributed by atoms with Gasteiger partial charge in [0.25, 0.3) is 0 Å². The fourth-order valence-corrected chi connectivity index (χ4v) is 4.29. The van der Waals surface area contributed by atoms with E-state index in [1.807, 2.05) is 12.1 Å². The SMILES string of the molecule is CN1CCN(CC(=O)N[C@]2(C)CCCC[C@H]2c2ccc(O)cc2)CC1. The molecule has 0 aromatic heterocycles. The zero-order chi connectivity index (χ0) is 17.9. The van der Waals surface area contributed by atoms with Crippen LogP contribution in [0.5, 0.6) is 5.75 Å². The highest BCUT2D eigenvalue weighted by atomic mass is 16.3. The summed E-state index contributed by atoms with van der Waals surface area (Å²) >= 11 is 0. The van der Waals surface area contributed by atoms with E-state index >= 15 is 0 Å². The number of hydrogen-bond donors (Lipinski definition) is 2. The van der Waals surface area contributed by atoms with Crippen LogP contribution >= 0.6 is 0 Å². The van der Waals surface area contributed by atoms with E-state index < -0.39 is 0 Å². The molecule has 1 saturated carbocycles. The molecule has 3 rings (SSSR count). The van der Waals surface area contributed by atoms with Crippen molar-refractivity contribution in [1.29, 1.82) is 0 Å². The van der Waals surface area contributed by atoms with Crippen LogP contribution in [-0.2, 0) is 4.79 Å². The average molecular weight is 345 g/mol. The van der Waals surface area contributed by atoms with Crippen LogP contribution in [0.1, 0.15) is 44.1 Å². The van der Waals surface area contributed by atoms with Gasteiger partial charge < -0.3 is 15.3 Å². The van der Waals surface area contributed by atoms with E-state index in [-0.39, 0.29) is 11.4 Å². The molecule has 5 nitrogen and oxygen atoms in total. The van der Waals surface area contributed by atoms with Gasteiger partial charge >= 0.3 is 0 Å². The molecule has 2 N–H and O–H groups in total. The van der Waals surface area contributed by atoms with Crippen molar-refractivity contribution in [1.82, 2.24) is 15.1 Å². The first kappa shape index (κ1) is 18.2. The van der Waals surface area contributed by atoms with Crippen molar-refractivity contribution < 1.29 is 9.90 Å². The van der Waals surface area contributed by atoms with Crippen LogP contribution in [-0.4, -0.2) is 66.1 Å². The van der Waals surface area contributed by atoms with E-state index in [2.05, 4.69) is 29.1 Å². The predicted molar refractivity (Wildman–Crippen MR) is 99.8 cm³/mol. The molecule has 1 aliphatic carbocycles. The number of phenolic OH excluding ortho intramolecular Hbond substituents is 1. The van der Waals surface area contributed by atoms with Gasteiger partial charge in [-0.3, -0.25) is 9.69 Å². The van der Waals surface area contributed by atoms with Gasteiger partial charge in [0.2, 0.25) is 5.91 Å². The molecule has 1 saturated heterocycles. The third-order valence-electron chi connectivity index (χ3n) is 5.89. The van der Waals surface area contributed by atoms with E-state index in [1.165, 1.54) is 12.0 Å². The number of likely N-dealkylation sites (N-methyl/N-ethyl adjacent to an activating group) is 1. The summed E-state index contributed by atoms with van der Waals surface area (Å²) in [6, 6.07) is 7.49. The van der Waals surface area contributed by atoms with Crippen LogP contribution in [0.15, 0.2) is 24.3 Å². The quantitative estimate of drug-likeness (QED) is 0.878. The molecule has 0 unspecified atom stereocenters. The second kappa shape index (κ2) is 7.75. The molecule has 2 fully saturated rings. The van der Waals surface area contributed by atoms with Crippen molar-refractivity contribution in [2.75, 3.05) is 39.8 Å². The van der Waals surface area contributed by atoms with Crippen molar-refractivity contribution in [3.63, 3.8) is 0 Å². The summed E-state index contributed by atoms with van der Waals surface area (Å²) in [5.74, 6) is 0.733. The van der Waals surface area contributed by atoms with Crippen LogP contribution in [0, 0.1) is 0 Å². The Morgan fingerprint density at radius 3 is 2.56 bits per heavy atom. The second-order valence-corrected chi connectivity index (χ2v) is 7.93. The van der Waals surface area contributed by atoms with Gasteiger partial charge in [0.15, 0.2) is 0 Å². The summed E-state index contributed by atoms with van der Waals surface area (Å²) in [6.45, 7) is 6.66. The third kappa shape index (κ3) is 4.53. The van der Waals surface area contributed by atoms with Crippen molar-refractivity contribution in [2.45, 2.75) is 44.1 Å². The molecule has 5 heteroatoms. The van der Waals surface area contributed by atoms with Crippen LogP contribution in [0.3, 0.4) is 0 Å². The summed E-state index contributed by atoms with van der Waals surface area (Å²) in [4.78, 5) is 17.2. The Hall–Kier alpha value is -1.59. The van der Waals surface area contributed by atoms with Crippen LogP contribution in [0.4, 0.5) is 0 Å². The normalized spacial score (nSPS) is 28.6. The van der Waals surface area contributed by atoms with E-state index in [0.29, 0.717) is 18.2 Å². The topological polar surface area (TPSA) is 55.8 Å². The first-order valence-electron chi connectivity index (χ1n) is 9.47. The monoisotopic (exact) mass is 345 g/mol. The number of nitrogens with zero attached hydrogens (tertiary/aromatic N) is 2. The lowest BCUT2D eigenvalue weighted by Gasteiger charge is -2.43. The Balaban J connectivity index is 1.65. The largest absolute Gasteiger partial charge is 0.508 e. The Kier molecular flexibility index (Phi) is 5.64. The highest BCUT2D eigenvalue weighted by molar-refractivity contribution is 5.79. The zero-order valence-electron chi connectivity index (χ0n) is 15.5. The maximum absolute atomic E-state index is 12.7. The van der Waals surface area contributed by atoms with Crippen molar-refractivity contribution in [2.24, 2.45) is 0 Å². The predicted octanol–water partition coefficient (Wildman–Crippen LogP) is 2.17. The van der Waals surface area contributed by atoms with Crippen molar-refractivity contribution in [3.05, 3.63) is 29.8 Å². The number of rotatable bonds is 4. The highest BCUT2D eigenvalue weighted by Crippen LogP contribution is 2.41. The van der Waals surface area contributed by atoms with Crippen molar-refractivity contribution >= 4 is 5.91 Å².